The maximum atomic E-state index is 11.3. The molecule has 2 aromatic rings. The first-order chi connectivity index (χ1) is 8.70. The summed E-state index contributed by atoms with van der Waals surface area (Å²) in [7, 11) is -3.01. The zero-order valence-corrected chi connectivity index (χ0v) is 12.4. The molecule has 0 amide bonds. The number of nitrogens with two attached hydrogens (primary N) is 1. The van der Waals surface area contributed by atoms with Gasteiger partial charge in [-0.25, -0.2) is 18.4 Å². The molecule has 0 aromatic carbocycles. The Morgan fingerprint density at radius 2 is 1.84 bits per heavy atom. The molecular weight excluding hydrogens is 264 g/mol. The van der Waals surface area contributed by atoms with E-state index in [0.29, 0.717) is 23.8 Å². The molecule has 0 saturated carbocycles. The van der Waals surface area contributed by atoms with E-state index in [0.717, 1.165) is 16.6 Å². The van der Waals surface area contributed by atoms with Gasteiger partial charge in [0.2, 0.25) is 0 Å². The van der Waals surface area contributed by atoms with Gasteiger partial charge in [-0.3, -0.25) is 0 Å². The molecule has 0 aliphatic rings. The molecule has 19 heavy (non-hydrogen) atoms. The smallest absolute Gasteiger partial charge is 0.149 e. The van der Waals surface area contributed by atoms with Crippen LogP contribution in [0.2, 0.25) is 0 Å². The zero-order valence-electron chi connectivity index (χ0n) is 11.6. The molecule has 104 valence electrons. The van der Waals surface area contributed by atoms with E-state index in [1.165, 1.54) is 6.26 Å². The van der Waals surface area contributed by atoms with Crippen molar-refractivity contribution in [1.29, 1.82) is 0 Å². The number of sulfone groups is 1. The van der Waals surface area contributed by atoms with Crippen LogP contribution in [-0.2, 0) is 16.4 Å². The Morgan fingerprint density at radius 1 is 1.21 bits per heavy atom. The number of nitrogens with zero attached hydrogens (tertiary/aromatic N) is 3. The van der Waals surface area contributed by atoms with Gasteiger partial charge in [0.1, 0.15) is 27.1 Å². The molecule has 7 heteroatoms. The summed E-state index contributed by atoms with van der Waals surface area (Å²) in [6.07, 6.45) is 1.23. The fourth-order valence-corrected chi connectivity index (χ4v) is 2.72. The number of fused-ring (bicyclic) bond motifs is 1. The summed E-state index contributed by atoms with van der Waals surface area (Å²) in [6, 6.07) is 0. The van der Waals surface area contributed by atoms with Crippen molar-refractivity contribution >= 4 is 26.7 Å². The van der Waals surface area contributed by atoms with Crippen LogP contribution in [0.5, 0.6) is 0 Å². The normalized spacial score (nSPS) is 12.2. The first kappa shape index (κ1) is 13.8. The molecule has 0 aliphatic heterocycles. The maximum absolute atomic E-state index is 11.3. The Morgan fingerprint density at radius 3 is 2.42 bits per heavy atom. The minimum Gasteiger partial charge on any atom is -0.383 e. The largest absolute Gasteiger partial charge is 0.383 e. The minimum atomic E-state index is -3.01. The second-order valence-electron chi connectivity index (χ2n) is 4.85. The van der Waals surface area contributed by atoms with E-state index in [9.17, 15) is 8.42 Å². The Kier molecular flexibility index (Phi) is 3.25. The van der Waals surface area contributed by atoms with Gasteiger partial charge in [-0.1, -0.05) is 0 Å². The van der Waals surface area contributed by atoms with Crippen molar-refractivity contribution in [3.8, 4) is 0 Å². The fraction of sp³-hybridized carbons (Fsp3) is 0.500. The Hall–Kier alpha value is -1.63. The van der Waals surface area contributed by atoms with E-state index >= 15 is 0 Å². The average molecular weight is 282 g/mol. The van der Waals surface area contributed by atoms with E-state index in [1.807, 2.05) is 18.4 Å². The molecule has 0 fully saturated rings. The first-order valence-corrected chi connectivity index (χ1v) is 8.04. The van der Waals surface area contributed by atoms with Crippen LogP contribution in [-0.4, -0.2) is 35.0 Å². The third kappa shape index (κ3) is 2.56. The lowest BCUT2D eigenvalue weighted by Crippen LogP contribution is -2.13. The molecule has 0 bridgehead atoms. The second kappa shape index (κ2) is 4.48. The molecule has 2 N–H and O–H groups in total. The monoisotopic (exact) mass is 282 g/mol. The summed E-state index contributed by atoms with van der Waals surface area (Å²) >= 11 is 0. The lowest BCUT2D eigenvalue weighted by Gasteiger charge is -2.07. The first-order valence-electron chi connectivity index (χ1n) is 5.98. The number of rotatable bonds is 3. The highest BCUT2D eigenvalue weighted by molar-refractivity contribution is 7.90. The minimum absolute atomic E-state index is 0.0833. The molecule has 6 nitrogen and oxygen atoms in total. The Balaban J connectivity index is 2.64. The van der Waals surface area contributed by atoms with Crippen molar-refractivity contribution in [2.75, 3.05) is 17.7 Å². The van der Waals surface area contributed by atoms with E-state index in [2.05, 4.69) is 9.97 Å². The third-order valence-electron chi connectivity index (χ3n) is 3.29. The van der Waals surface area contributed by atoms with Gasteiger partial charge in [0.15, 0.2) is 0 Å². The summed E-state index contributed by atoms with van der Waals surface area (Å²) < 4.78 is 24.5. The lowest BCUT2D eigenvalue weighted by atomic mass is 10.2. The second-order valence-corrected chi connectivity index (χ2v) is 7.11. The molecule has 2 heterocycles. The number of anilines is 1. The van der Waals surface area contributed by atoms with Crippen LogP contribution in [0, 0.1) is 20.8 Å². The highest BCUT2D eigenvalue weighted by Gasteiger charge is 2.17. The zero-order chi connectivity index (χ0) is 14.4. The highest BCUT2D eigenvalue weighted by Crippen LogP contribution is 2.27. The van der Waals surface area contributed by atoms with Crippen LogP contribution >= 0.6 is 0 Å². The van der Waals surface area contributed by atoms with Crippen molar-refractivity contribution in [1.82, 2.24) is 14.5 Å². The summed E-state index contributed by atoms with van der Waals surface area (Å²) in [6.45, 7) is 6.04. The topological polar surface area (TPSA) is 90.9 Å². The van der Waals surface area contributed by atoms with Crippen molar-refractivity contribution < 1.29 is 8.42 Å². The molecule has 0 atom stereocenters. The van der Waals surface area contributed by atoms with E-state index in [4.69, 9.17) is 5.73 Å². The van der Waals surface area contributed by atoms with E-state index in [1.54, 1.807) is 6.92 Å². The van der Waals surface area contributed by atoms with Crippen molar-refractivity contribution in [3.05, 3.63) is 17.1 Å². The summed E-state index contributed by atoms with van der Waals surface area (Å²) in [4.78, 5) is 8.56. The molecular formula is C12H18N4O2S. The quantitative estimate of drug-likeness (QED) is 0.906. The summed E-state index contributed by atoms with van der Waals surface area (Å²) in [5.41, 5.74) is 8.63. The van der Waals surface area contributed by atoms with Gasteiger partial charge in [-0.15, -0.1) is 0 Å². The van der Waals surface area contributed by atoms with Crippen LogP contribution < -0.4 is 5.73 Å². The summed E-state index contributed by atoms with van der Waals surface area (Å²) in [5, 5.41) is 0.816. The third-order valence-corrected chi connectivity index (χ3v) is 4.22. The van der Waals surface area contributed by atoms with Crippen LogP contribution in [0.4, 0.5) is 5.82 Å². The lowest BCUT2D eigenvalue weighted by molar-refractivity contribution is 0.595. The Labute approximate surface area is 112 Å². The van der Waals surface area contributed by atoms with Gasteiger partial charge in [-0.2, -0.15) is 0 Å². The summed E-state index contributed by atoms with van der Waals surface area (Å²) in [5.74, 6) is 1.12. The molecule has 0 spiro atoms. The fourth-order valence-electron chi connectivity index (χ4n) is 2.21. The molecule has 0 radical (unpaired) electrons. The predicted octanol–water partition coefficient (Wildman–Crippen LogP) is 0.983. The number of aryl methyl sites for hydroxylation is 3. The van der Waals surface area contributed by atoms with Crippen LogP contribution in [0.3, 0.4) is 0 Å². The molecule has 2 rings (SSSR count). The highest BCUT2D eigenvalue weighted by atomic mass is 32.2. The average Bonchev–Trinajstić information content (AvgIpc) is 2.48. The molecule has 0 unspecified atom stereocenters. The van der Waals surface area contributed by atoms with Crippen LogP contribution in [0.25, 0.3) is 11.0 Å². The molecule has 2 aromatic heterocycles. The number of aromatic nitrogens is 3. The van der Waals surface area contributed by atoms with Crippen LogP contribution in [0.1, 0.15) is 17.1 Å². The molecule has 0 saturated heterocycles. The van der Waals surface area contributed by atoms with Crippen molar-refractivity contribution in [2.24, 2.45) is 0 Å². The standard InChI is InChI=1S/C12H18N4O2S/c1-7-8(2)16(5-6-19(4,17)18)12-10(7)11(13)14-9(3)15-12/h5-6H2,1-4H3,(H2,13,14,15). The maximum Gasteiger partial charge on any atom is 0.149 e. The number of hydrogen-bond acceptors (Lipinski definition) is 5. The SMILES string of the molecule is Cc1nc(N)c2c(C)c(C)n(CCS(C)(=O)=O)c2n1. The van der Waals surface area contributed by atoms with Gasteiger partial charge in [0.25, 0.3) is 0 Å². The number of nitrogen functional groups attached to an aromatic ring is 1. The van der Waals surface area contributed by atoms with Gasteiger partial charge >= 0.3 is 0 Å². The van der Waals surface area contributed by atoms with Gasteiger partial charge in [0, 0.05) is 18.5 Å². The number of hydrogen-bond donors (Lipinski definition) is 1. The van der Waals surface area contributed by atoms with E-state index < -0.39 is 9.84 Å². The van der Waals surface area contributed by atoms with Gasteiger partial charge in [-0.05, 0) is 26.3 Å². The van der Waals surface area contributed by atoms with Crippen molar-refractivity contribution in [2.45, 2.75) is 27.3 Å². The molecule has 0 aliphatic carbocycles. The predicted molar refractivity (Wildman–Crippen MR) is 75.9 cm³/mol. The van der Waals surface area contributed by atoms with Crippen molar-refractivity contribution in [3.63, 3.8) is 0 Å². The van der Waals surface area contributed by atoms with E-state index in [-0.39, 0.29) is 5.75 Å². The van der Waals surface area contributed by atoms with Gasteiger partial charge < -0.3 is 10.3 Å². The Bertz CT molecular complexity index is 747. The van der Waals surface area contributed by atoms with Crippen LogP contribution in [0.15, 0.2) is 0 Å². The van der Waals surface area contributed by atoms with Gasteiger partial charge in [0.05, 0.1) is 11.1 Å².